The van der Waals surface area contributed by atoms with E-state index in [9.17, 15) is 0 Å². The Kier molecular flexibility index (Phi) is 2.28. The van der Waals surface area contributed by atoms with Gasteiger partial charge in [0.2, 0.25) is 0 Å². The fourth-order valence-corrected chi connectivity index (χ4v) is 2.61. The molecule has 2 aromatic rings. The number of fused-ring (bicyclic) bond motifs is 1. The van der Waals surface area contributed by atoms with E-state index < -0.39 is 0 Å². The van der Waals surface area contributed by atoms with Gasteiger partial charge in [0.05, 0.1) is 0 Å². The van der Waals surface area contributed by atoms with Crippen LogP contribution in [0.15, 0.2) is 30.6 Å². The zero-order valence-electron chi connectivity index (χ0n) is 9.61. The molecule has 1 aromatic heterocycles. The van der Waals surface area contributed by atoms with Gasteiger partial charge in [0, 0.05) is 41.9 Å². The molecule has 2 heterocycles. The number of nitrogens with zero attached hydrogens (tertiary/aromatic N) is 2. The number of anilines is 1. The molecule has 0 spiro atoms. The zero-order chi connectivity index (χ0) is 11.0. The topological polar surface area (TPSA) is 16.1 Å². The highest BCUT2D eigenvalue weighted by Crippen LogP contribution is 2.30. The first kappa shape index (κ1) is 9.64. The molecule has 1 saturated heterocycles. The van der Waals surface area contributed by atoms with Gasteiger partial charge in [-0.05, 0) is 31.4 Å². The van der Waals surface area contributed by atoms with Crippen LogP contribution in [0.2, 0.25) is 0 Å². The van der Waals surface area contributed by atoms with Gasteiger partial charge in [0.1, 0.15) is 0 Å². The molecule has 0 aliphatic carbocycles. The molecule has 0 radical (unpaired) electrons. The lowest BCUT2D eigenvalue weighted by Crippen LogP contribution is -2.18. The van der Waals surface area contributed by atoms with Crippen LogP contribution in [0.3, 0.4) is 0 Å². The molecule has 0 amide bonds. The Balaban J connectivity index is 2.23. The van der Waals surface area contributed by atoms with Crippen molar-refractivity contribution in [3.63, 3.8) is 0 Å². The molecule has 0 atom stereocenters. The molecule has 1 aliphatic rings. The Bertz CT molecular complexity index is 508. The summed E-state index contributed by atoms with van der Waals surface area (Å²) in [5.41, 5.74) is 2.66. The second-order valence-corrected chi connectivity index (χ2v) is 4.53. The quantitative estimate of drug-likeness (QED) is 0.722. The maximum atomic E-state index is 4.26. The molecule has 0 unspecified atom stereocenters. The van der Waals surface area contributed by atoms with E-state index >= 15 is 0 Å². The number of aromatic nitrogens is 1. The fraction of sp³-hybridized carbons (Fsp3) is 0.357. The van der Waals surface area contributed by atoms with E-state index in [1.807, 2.05) is 12.4 Å². The molecule has 2 heteroatoms. The number of hydrogen-bond donors (Lipinski definition) is 0. The van der Waals surface area contributed by atoms with Gasteiger partial charge in [0.15, 0.2) is 0 Å². The van der Waals surface area contributed by atoms with Crippen LogP contribution in [0.25, 0.3) is 10.8 Å². The van der Waals surface area contributed by atoms with Gasteiger partial charge in [-0.2, -0.15) is 0 Å². The van der Waals surface area contributed by atoms with E-state index in [2.05, 4.69) is 35.0 Å². The zero-order valence-corrected chi connectivity index (χ0v) is 9.61. The van der Waals surface area contributed by atoms with E-state index in [1.165, 1.54) is 48.0 Å². The molecule has 0 N–H and O–H groups in total. The van der Waals surface area contributed by atoms with Crippen molar-refractivity contribution in [2.24, 2.45) is 0 Å². The number of benzene rings is 1. The summed E-state index contributed by atoms with van der Waals surface area (Å²) in [7, 11) is 0. The van der Waals surface area contributed by atoms with Gasteiger partial charge >= 0.3 is 0 Å². The predicted molar refractivity (Wildman–Crippen MR) is 67.9 cm³/mol. The molecule has 82 valence electrons. The van der Waals surface area contributed by atoms with Crippen molar-refractivity contribution in [2.45, 2.75) is 19.8 Å². The van der Waals surface area contributed by atoms with Crippen molar-refractivity contribution in [2.75, 3.05) is 18.0 Å². The Morgan fingerprint density at radius 3 is 2.75 bits per heavy atom. The van der Waals surface area contributed by atoms with Gasteiger partial charge in [-0.1, -0.05) is 12.1 Å². The molecule has 1 aliphatic heterocycles. The molecule has 16 heavy (non-hydrogen) atoms. The molecule has 0 saturated carbocycles. The second-order valence-electron chi connectivity index (χ2n) is 4.53. The largest absolute Gasteiger partial charge is 0.371 e. The Labute approximate surface area is 95.9 Å². The molecule has 2 nitrogen and oxygen atoms in total. The highest BCUT2D eigenvalue weighted by atomic mass is 15.1. The molecular formula is C14H16N2. The van der Waals surface area contributed by atoms with E-state index in [-0.39, 0.29) is 0 Å². The Morgan fingerprint density at radius 2 is 1.94 bits per heavy atom. The van der Waals surface area contributed by atoms with E-state index in [0.717, 1.165) is 0 Å². The van der Waals surface area contributed by atoms with E-state index in [1.54, 1.807) is 0 Å². The lowest BCUT2D eigenvalue weighted by molar-refractivity contribution is 0.949. The highest BCUT2D eigenvalue weighted by Gasteiger charge is 2.15. The summed E-state index contributed by atoms with van der Waals surface area (Å²) in [5.74, 6) is 0. The van der Waals surface area contributed by atoms with E-state index in [0.29, 0.717) is 0 Å². The van der Waals surface area contributed by atoms with Gasteiger partial charge in [-0.25, -0.2) is 0 Å². The fourth-order valence-electron chi connectivity index (χ4n) is 2.61. The third-order valence-electron chi connectivity index (χ3n) is 3.40. The first-order valence-corrected chi connectivity index (χ1v) is 5.94. The second kappa shape index (κ2) is 3.78. The first-order chi connectivity index (χ1) is 7.86. The summed E-state index contributed by atoms with van der Waals surface area (Å²) < 4.78 is 0. The SMILES string of the molecule is Cc1cncc2cccc(N3CCCC3)c12. The van der Waals surface area contributed by atoms with Gasteiger partial charge < -0.3 is 4.90 Å². The standard InChI is InChI=1S/C14H16N2/c1-11-9-15-10-12-5-4-6-13(14(11)12)16-7-2-3-8-16/h4-6,9-10H,2-3,7-8H2,1H3. The Hall–Kier alpha value is -1.57. The van der Waals surface area contributed by atoms with Crippen LogP contribution in [0.1, 0.15) is 18.4 Å². The van der Waals surface area contributed by atoms with Gasteiger partial charge in [-0.15, -0.1) is 0 Å². The van der Waals surface area contributed by atoms with Crippen molar-refractivity contribution >= 4 is 16.5 Å². The average molecular weight is 212 g/mol. The van der Waals surface area contributed by atoms with Crippen LogP contribution in [-0.2, 0) is 0 Å². The van der Waals surface area contributed by atoms with Crippen molar-refractivity contribution < 1.29 is 0 Å². The normalized spacial score (nSPS) is 15.9. The van der Waals surface area contributed by atoms with Crippen LogP contribution in [0.5, 0.6) is 0 Å². The molecule has 3 rings (SSSR count). The highest BCUT2D eigenvalue weighted by molar-refractivity contribution is 5.96. The predicted octanol–water partition coefficient (Wildman–Crippen LogP) is 3.14. The molecule has 1 fully saturated rings. The summed E-state index contributed by atoms with van der Waals surface area (Å²) in [4.78, 5) is 6.76. The van der Waals surface area contributed by atoms with Gasteiger partial charge in [-0.3, -0.25) is 4.98 Å². The molecular weight excluding hydrogens is 196 g/mol. The van der Waals surface area contributed by atoms with Crippen LogP contribution in [0.4, 0.5) is 5.69 Å². The third-order valence-corrected chi connectivity index (χ3v) is 3.40. The maximum absolute atomic E-state index is 4.26. The summed E-state index contributed by atoms with van der Waals surface area (Å²) >= 11 is 0. The van der Waals surface area contributed by atoms with Crippen LogP contribution >= 0.6 is 0 Å². The molecule has 1 aromatic carbocycles. The lowest BCUT2D eigenvalue weighted by Gasteiger charge is -2.20. The van der Waals surface area contributed by atoms with Crippen LogP contribution < -0.4 is 4.90 Å². The minimum atomic E-state index is 1.20. The van der Waals surface area contributed by atoms with Crippen molar-refractivity contribution in [1.29, 1.82) is 0 Å². The van der Waals surface area contributed by atoms with Crippen LogP contribution in [-0.4, -0.2) is 18.1 Å². The third kappa shape index (κ3) is 1.45. The number of rotatable bonds is 1. The maximum Gasteiger partial charge on any atom is 0.0449 e. The van der Waals surface area contributed by atoms with Crippen molar-refractivity contribution in [3.05, 3.63) is 36.2 Å². The summed E-state index contributed by atoms with van der Waals surface area (Å²) in [6, 6.07) is 6.52. The van der Waals surface area contributed by atoms with Gasteiger partial charge in [0.25, 0.3) is 0 Å². The van der Waals surface area contributed by atoms with Crippen molar-refractivity contribution in [3.8, 4) is 0 Å². The summed E-state index contributed by atoms with van der Waals surface area (Å²) in [6.45, 7) is 4.54. The first-order valence-electron chi connectivity index (χ1n) is 5.94. The number of hydrogen-bond acceptors (Lipinski definition) is 2. The molecule has 0 bridgehead atoms. The minimum absolute atomic E-state index is 1.20. The smallest absolute Gasteiger partial charge is 0.0449 e. The Morgan fingerprint density at radius 1 is 1.12 bits per heavy atom. The minimum Gasteiger partial charge on any atom is -0.371 e. The monoisotopic (exact) mass is 212 g/mol. The van der Waals surface area contributed by atoms with E-state index in [4.69, 9.17) is 0 Å². The van der Waals surface area contributed by atoms with Crippen molar-refractivity contribution in [1.82, 2.24) is 4.98 Å². The van der Waals surface area contributed by atoms with Crippen LogP contribution in [0, 0.1) is 6.92 Å². The summed E-state index contributed by atoms with van der Waals surface area (Å²) in [5, 5.41) is 2.63. The number of aryl methyl sites for hydroxylation is 1. The average Bonchev–Trinajstić information content (AvgIpc) is 2.82. The summed E-state index contributed by atoms with van der Waals surface area (Å²) in [6.07, 6.45) is 6.56. The number of pyridine rings is 1. The lowest BCUT2D eigenvalue weighted by atomic mass is 10.1.